The second-order valence-corrected chi connectivity index (χ2v) is 8.98. The molecule has 0 radical (unpaired) electrons. The molecule has 0 saturated carbocycles. The molecule has 2 aromatic rings. The third-order valence-corrected chi connectivity index (χ3v) is 6.38. The Morgan fingerprint density at radius 3 is 2.59 bits per heavy atom. The van der Waals surface area contributed by atoms with Gasteiger partial charge in [0.2, 0.25) is 0 Å². The van der Waals surface area contributed by atoms with Crippen LogP contribution in [0.15, 0.2) is 28.6 Å². The molecule has 0 unspecified atom stereocenters. The average molecular weight is 435 g/mol. The Hall–Kier alpha value is -1.83. The number of thiazole rings is 1. The van der Waals surface area contributed by atoms with Crippen molar-refractivity contribution in [2.75, 3.05) is 45.2 Å². The van der Waals surface area contributed by atoms with E-state index in [1.54, 1.807) is 18.4 Å². The summed E-state index contributed by atoms with van der Waals surface area (Å²) in [4.78, 5) is 13.8. The lowest BCUT2D eigenvalue weighted by atomic mass is 10.1. The zero-order valence-electron chi connectivity index (χ0n) is 17.7. The van der Waals surface area contributed by atoms with Crippen molar-refractivity contribution in [1.29, 1.82) is 0 Å². The molecule has 1 fully saturated rings. The molecule has 8 heteroatoms. The highest BCUT2D eigenvalue weighted by Crippen LogP contribution is 2.28. The molecular formula is C21H31ClN6S. The van der Waals surface area contributed by atoms with E-state index >= 15 is 0 Å². The van der Waals surface area contributed by atoms with Gasteiger partial charge in [0.25, 0.3) is 0 Å². The lowest BCUT2D eigenvalue weighted by molar-refractivity contribution is 0.312. The molecular weight excluding hydrogens is 404 g/mol. The fourth-order valence-corrected chi connectivity index (χ4v) is 4.42. The number of nitrogens with zero attached hydrogens (tertiary/aromatic N) is 4. The van der Waals surface area contributed by atoms with Gasteiger partial charge in [-0.3, -0.25) is 4.99 Å². The average Bonchev–Trinajstić information content (AvgIpc) is 3.19. The number of hydrogen-bond acceptors (Lipinski definition) is 5. The zero-order chi connectivity index (χ0) is 20.8. The molecule has 0 aliphatic carbocycles. The van der Waals surface area contributed by atoms with E-state index in [9.17, 15) is 0 Å². The molecule has 1 aliphatic heterocycles. The maximum atomic E-state index is 6.56. The van der Waals surface area contributed by atoms with Crippen molar-refractivity contribution in [2.24, 2.45) is 4.99 Å². The molecule has 1 saturated heterocycles. The van der Waals surface area contributed by atoms with Crippen LogP contribution in [0.2, 0.25) is 5.02 Å². The number of aromatic nitrogens is 1. The molecule has 0 atom stereocenters. The number of nitrogens with one attached hydrogen (secondary N) is 2. The van der Waals surface area contributed by atoms with Crippen LogP contribution in [0.1, 0.15) is 36.0 Å². The van der Waals surface area contributed by atoms with Crippen molar-refractivity contribution in [1.82, 2.24) is 20.5 Å². The minimum Gasteiger partial charge on any atom is -0.369 e. The van der Waals surface area contributed by atoms with Gasteiger partial charge in [0.1, 0.15) is 5.01 Å². The summed E-state index contributed by atoms with van der Waals surface area (Å²) in [5.41, 5.74) is 3.45. The van der Waals surface area contributed by atoms with Crippen molar-refractivity contribution in [2.45, 2.75) is 32.9 Å². The summed E-state index contributed by atoms with van der Waals surface area (Å²) >= 11 is 8.24. The first-order chi connectivity index (χ1) is 14.0. The van der Waals surface area contributed by atoms with Gasteiger partial charge < -0.3 is 20.4 Å². The van der Waals surface area contributed by atoms with Crippen LogP contribution < -0.4 is 15.5 Å². The van der Waals surface area contributed by atoms with Gasteiger partial charge in [0.05, 0.1) is 12.2 Å². The predicted molar refractivity (Wildman–Crippen MR) is 124 cm³/mol. The van der Waals surface area contributed by atoms with Crippen LogP contribution >= 0.6 is 22.9 Å². The largest absolute Gasteiger partial charge is 0.369 e. The van der Waals surface area contributed by atoms with Crippen LogP contribution in [0, 0.1) is 0 Å². The van der Waals surface area contributed by atoms with Gasteiger partial charge in [-0.05, 0) is 25.1 Å². The number of guanidine groups is 1. The molecule has 0 bridgehead atoms. The Morgan fingerprint density at radius 2 is 1.93 bits per heavy atom. The smallest absolute Gasteiger partial charge is 0.191 e. The first kappa shape index (κ1) is 21.9. The number of halogens is 1. The van der Waals surface area contributed by atoms with Gasteiger partial charge in [-0.15, -0.1) is 11.3 Å². The second-order valence-electron chi connectivity index (χ2n) is 7.63. The fourth-order valence-electron chi connectivity index (χ4n) is 3.29. The van der Waals surface area contributed by atoms with E-state index in [0.29, 0.717) is 19.0 Å². The third kappa shape index (κ3) is 5.84. The summed E-state index contributed by atoms with van der Waals surface area (Å²) in [6.45, 7) is 9.76. The van der Waals surface area contributed by atoms with E-state index in [0.717, 1.165) is 53.4 Å². The summed E-state index contributed by atoms with van der Waals surface area (Å²) in [6.07, 6.45) is 0. The summed E-state index contributed by atoms with van der Waals surface area (Å²) in [5, 5.41) is 10.7. The molecule has 0 spiro atoms. The maximum Gasteiger partial charge on any atom is 0.191 e. The van der Waals surface area contributed by atoms with Crippen molar-refractivity contribution in [3.8, 4) is 0 Å². The number of hydrogen-bond donors (Lipinski definition) is 2. The van der Waals surface area contributed by atoms with Gasteiger partial charge in [-0.25, -0.2) is 4.98 Å². The van der Waals surface area contributed by atoms with Gasteiger partial charge in [0.15, 0.2) is 5.96 Å². The van der Waals surface area contributed by atoms with Gasteiger partial charge in [-0.1, -0.05) is 31.5 Å². The van der Waals surface area contributed by atoms with Crippen LogP contribution in [0.5, 0.6) is 0 Å². The molecule has 6 nitrogen and oxygen atoms in total. The van der Waals surface area contributed by atoms with E-state index in [1.807, 2.05) is 12.1 Å². The fraction of sp³-hybridized carbons (Fsp3) is 0.524. The lowest BCUT2D eigenvalue weighted by Crippen LogP contribution is -2.45. The number of piperazine rings is 1. The van der Waals surface area contributed by atoms with Crippen LogP contribution in [0.4, 0.5) is 5.69 Å². The normalized spacial score (nSPS) is 15.8. The van der Waals surface area contributed by atoms with Crippen molar-refractivity contribution in [3.63, 3.8) is 0 Å². The van der Waals surface area contributed by atoms with Crippen LogP contribution in [-0.4, -0.2) is 56.1 Å². The van der Waals surface area contributed by atoms with Crippen LogP contribution in [0.25, 0.3) is 0 Å². The van der Waals surface area contributed by atoms with Crippen LogP contribution in [0.3, 0.4) is 0 Å². The molecule has 2 heterocycles. The first-order valence-corrected chi connectivity index (χ1v) is 11.3. The standard InChI is InChI=1S/C21H31ClN6S/c1-15(2)18-14-29-20(26-18)13-25-21(23-3)24-12-16-17(22)6-5-7-19(16)28-10-8-27(4)9-11-28/h5-7,14-15H,8-13H2,1-4H3,(H2,23,24,25). The van der Waals surface area contributed by atoms with E-state index in [2.05, 4.69) is 62.8 Å². The SMILES string of the molecule is CN=C(NCc1nc(C(C)C)cs1)NCc1c(Cl)cccc1N1CCN(C)CC1. The monoisotopic (exact) mass is 434 g/mol. The van der Waals surface area contributed by atoms with E-state index in [-0.39, 0.29) is 0 Å². The van der Waals surface area contributed by atoms with E-state index in [4.69, 9.17) is 11.6 Å². The highest BCUT2D eigenvalue weighted by atomic mass is 35.5. The summed E-state index contributed by atoms with van der Waals surface area (Å²) < 4.78 is 0. The van der Waals surface area contributed by atoms with E-state index < -0.39 is 0 Å². The quantitative estimate of drug-likeness (QED) is 0.538. The zero-order valence-corrected chi connectivity index (χ0v) is 19.3. The first-order valence-electron chi connectivity index (χ1n) is 10.1. The highest BCUT2D eigenvalue weighted by molar-refractivity contribution is 7.09. The Bertz CT molecular complexity index is 826. The van der Waals surface area contributed by atoms with Crippen molar-refractivity contribution in [3.05, 3.63) is 44.9 Å². The molecule has 2 N–H and O–H groups in total. The van der Waals surface area contributed by atoms with Crippen LogP contribution in [-0.2, 0) is 13.1 Å². The number of anilines is 1. The molecule has 1 aromatic heterocycles. The highest BCUT2D eigenvalue weighted by Gasteiger charge is 2.18. The minimum absolute atomic E-state index is 0.450. The molecule has 29 heavy (non-hydrogen) atoms. The molecule has 1 aliphatic rings. The summed E-state index contributed by atoms with van der Waals surface area (Å²) in [7, 11) is 3.95. The molecule has 1 aromatic carbocycles. The topological polar surface area (TPSA) is 55.8 Å². The molecule has 0 amide bonds. The van der Waals surface area contributed by atoms with Gasteiger partial charge >= 0.3 is 0 Å². The molecule has 158 valence electrons. The summed E-state index contributed by atoms with van der Waals surface area (Å²) in [5.74, 6) is 1.20. The third-order valence-electron chi connectivity index (χ3n) is 5.16. The van der Waals surface area contributed by atoms with Gasteiger partial charge in [-0.2, -0.15) is 0 Å². The maximum absolute atomic E-state index is 6.56. The Kier molecular flexibility index (Phi) is 7.75. The second kappa shape index (κ2) is 10.3. The number of aliphatic imine (C=N–C) groups is 1. The minimum atomic E-state index is 0.450. The van der Waals surface area contributed by atoms with Gasteiger partial charge in [0, 0.05) is 61.4 Å². The predicted octanol–water partition coefficient (Wildman–Crippen LogP) is 3.54. The van der Waals surface area contributed by atoms with Crippen molar-refractivity contribution < 1.29 is 0 Å². The summed E-state index contributed by atoms with van der Waals surface area (Å²) in [6, 6.07) is 6.14. The number of likely N-dealkylation sites (N-methyl/N-ethyl adjacent to an activating group) is 1. The lowest BCUT2D eigenvalue weighted by Gasteiger charge is -2.35. The van der Waals surface area contributed by atoms with Crippen molar-refractivity contribution >= 4 is 34.6 Å². The molecule has 3 rings (SSSR count). The Morgan fingerprint density at radius 1 is 1.21 bits per heavy atom. The number of rotatable bonds is 6. The van der Waals surface area contributed by atoms with E-state index in [1.165, 1.54) is 5.69 Å². The number of benzene rings is 1. The Labute approximate surface area is 183 Å². The Balaban J connectivity index is 1.61.